The lowest BCUT2D eigenvalue weighted by Gasteiger charge is -2.07. The third-order valence-electron chi connectivity index (χ3n) is 3.22. The van der Waals surface area contributed by atoms with E-state index >= 15 is 0 Å². The Morgan fingerprint density at radius 2 is 1.75 bits per heavy atom. The van der Waals surface area contributed by atoms with Crippen LogP contribution in [0.25, 0.3) is 0 Å². The second-order valence-corrected chi connectivity index (χ2v) is 6.98. The summed E-state index contributed by atoms with van der Waals surface area (Å²) >= 11 is 0. The van der Waals surface area contributed by atoms with E-state index < -0.39 is 10.0 Å². The molecule has 0 unspecified atom stereocenters. The molecule has 0 spiro atoms. The molecule has 0 radical (unpaired) electrons. The second kappa shape index (κ2) is 5.81. The molecule has 0 saturated carbocycles. The van der Waals surface area contributed by atoms with Gasteiger partial charge in [-0.2, -0.15) is 0 Å². The summed E-state index contributed by atoms with van der Waals surface area (Å²) in [6, 6.07) is 9.50. The topological polar surface area (TPSA) is 62.0 Å². The van der Waals surface area contributed by atoms with Crippen LogP contribution in [-0.4, -0.2) is 13.4 Å². The van der Waals surface area contributed by atoms with Crippen molar-refractivity contribution in [1.29, 1.82) is 0 Å². The molecule has 0 aliphatic carbocycles. The predicted octanol–water partition coefficient (Wildman–Crippen LogP) is 2.56. The Bertz CT molecular complexity index is 685. The number of aryl methyl sites for hydroxylation is 3. The van der Waals surface area contributed by atoms with Gasteiger partial charge in [-0.25, -0.2) is 13.1 Å². The molecule has 2 rings (SSSR count). The van der Waals surface area contributed by atoms with Gasteiger partial charge in [0.25, 0.3) is 0 Å². The van der Waals surface area contributed by atoms with E-state index in [1.54, 1.807) is 0 Å². The SMILES string of the molecule is Cc1ccc(CS(=O)(=O)NCc2cc(C)[nH]c2C)cc1. The largest absolute Gasteiger partial charge is 0.362 e. The Kier molecular flexibility index (Phi) is 4.30. The lowest BCUT2D eigenvalue weighted by atomic mass is 10.2. The number of sulfonamides is 1. The lowest BCUT2D eigenvalue weighted by Crippen LogP contribution is -2.24. The van der Waals surface area contributed by atoms with Crippen LogP contribution in [0.3, 0.4) is 0 Å². The average Bonchev–Trinajstić information content (AvgIpc) is 2.68. The number of aromatic amines is 1. The van der Waals surface area contributed by atoms with Gasteiger partial charge >= 0.3 is 0 Å². The Balaban J connectivity index is 2.01. The van der Waals surface area contributed by atoms with Gasteiger partial charge < -0.3 is 4.98 Å². The minimum atomic E-state index is -3.32. The van der Waals surface area contributed by atoms with Crippen LogP contribution in [0.5, 0.6) is 0 Å². The molecule has 5 heteroatoms. The molecule has 20 heavy (non-hydrogen) atoms. The van der Waals surface area contributed by atoms with E-state index in [0.29, 0.717) is 6.54 Å². The van der Waals surface area contributed by atoms with Gasteiger partial charge in [-0.05, 0) is 38.0 Å². The normalized spacial score (nSPS) is 11.8. The van der Waals surface area contributed by atoms with Gasteiger partial charge in [0.2, 0.25) is 10.0 Å². The zero-order chi connectivity index (χ0) is 14.8. The van der Waals surface area contributed by atoms with Gasteiger partial charge in [-0.1, -0.05) is 29.8 Å². The highest BCUT2D eigenvalue weighted by atomic mass is 32.2. The molecule has 0 fully saturated rings. The summed E-state index contributed by atoms with van der Waals surface area (Å²) in [5, 5.41) is 0. The van der Waals surface area contributed by atoms with Crippen molar-refractivity contribution in [2.24, 2.45) is 0 Å². The van der Waals surface area contributed by atoms with Crippen molar-refractivity contribution in [2.45, 2.75) is 33.1 Å². The van der Waals surface area contributed by atoms with Crippen LogP contribution in [0.4, 0.5) is 0 Å². The number of hydrogen-bond donors (Lipinski definition) is 2. The van der Waals surface area contributed by atoms with Gasteiger partial charge in [-0.15, -0.1) is 0 Å². The number of hydrogen-bond acceptors (Lipinski definition) is 2. The summed E-state index contributed by atoms with van der Waals surface area (Å²) in [4.78, 5) is 3.16. The van der Waals surface area contributed by atoms with E-state index in [9.17, 15) is 8.42 Å². The van der Waals surface area contributed by atoms with Crippen LogP contribution in [0.15, 0.2) is 30.3 Å². The summed E-state index contributed by atoms with van der Waals surface area (Å²) in [5.74, 6) is 0.00966. The fourth-order valence-corrected chi connectivity index (χ4v) is 3.22. The molecule has 1 aromatic carbocycles. The number of H-pyrrole nitrogens is 1. The van der Waals surface area contributed by atoms with Gasteiger partial charge in [0.15, 0.2) is 0 Å². The molecule has 1 aromatic heterocycles. The van der Waals surface area contributed by atoms with E-state index in [-0.39, 0.29) is 5.75 Å². The fraction of sp³-hybridized carbons (Fsp3) is 0.333. The maximum absolute atomic E-state index is 12.1. The molecule has 0 saturated heterocycles. The first-order valence-corrected chi connectivity index (χ1v) is 8.19. The van der Waals surface area contributed by atoms with Crippen molar-refractivity contribution < 1.29 is 8.42 Å². The van der Waals surface area contributed by atoms with E-state index in [4.69, 9.17) is 0 Å². The van der Waals surface area contributed by atoms with E-state index in [1.807, 2.05) is 51.1 Å². The molecular weight excluding hydrogens is 272 g/mol. The molecule has 2 N–H and O–H groups in total. The van der Waals surface area contributed by atoms with Gasteiger partial charge in [0.05, 0.1) is 5.75 Å². The molecule has 0 aliphatic heterocycles. The lowest BCUT2D eigenvalue weighted by molar-refractivity contribution is 0.580. The van der Waals surface area contributed by atoms with Crippen molar-refractivity contribution >= 4 is 10.0 Å². The molecule has 4 nitrogen and oxygen atoms in total. The highest BCUT2D eigenvalue weighted by molar-refractivity contribution is 7.88. The van der Waals surface area contributed by atoms with Crippen LogP contribution in [0, 0.1) is 20.8 Å². The van der Waals surface area contributed by atoms with Crippen molar-refractivity contribution in [2.75, 3.05) is 0 Å². The summed E-state index contributed by atoms with van der Waals surface area (Å²) in [5.41, 5.74) is 4.94. The molecule has 0 atom stereocenters. The van der Waals surface area contributed by atoms with Crippen LogP contribution < -0.4 is 4.72 Å². The Morgan fingerprint density at radius 3 is 2.30 bits per heavy atom. The first-order chi connectivity index (χ1) is 9.35. The number of benzene rings is 1. The zero-order valence-corrected chi connectivity index (χ0v) is 12.8. The molecular formula is C15H20N2O2S. The van der Waals surface area contributed by atoms with Gasteiger partial charge in [-0.3, -0.25) is 0 Å². The maximum Gasteiger partial charge on any atom is 0.216 e. The van der Waals surface area contributed by atoms with Crippen molar-refractivity contribution in [3.63, 3.8) is 0 Å². The average molecular weight is 292 g/mol. The summed E-state index contributed by atoms with van der Waals surface area (Å²) in [6.45, 7) is 6.20. The molecule has 0 bridgehead atoms. The maximum atomic E-state index is 12.1. The minimum absolute atomic E-state index is 0.00966. The smallest absolute Gasteiger partial charge is 0.216 e. The highest BCUT2D eigenvalue weighted by Crippen LogP contribution is 2.11. The Labute approximate surface area is 120 Å². The van der Waals surface area contributed by atoms with Crippen LogP contribution in [0.2, 0.25) is 0 Å². The molecule has 0 amide bonds. The second-order valence-electron chi connectivity index (χ2n) is 5.17. The quantitative estimate of drug-likeness (QED) is 0.889. The van der Waals surface area contributed by atoms with E-state index in [1.165, 1.54) is 0 Å². The summed E-state index contributed by atoms with van der Waals surface area (Å²) < 4.78 is 26.8. The number of aromatic nitrogens is 1. The molecule has 108 valence electrons. The van der Waals surface area contributed by atoms with E-state index in [2.05, 4.69) is 9.71 Å². The van der Waals surface area contributed by atoms with Crippen LogP contribution >= 0.6 is 0 Å². The predicted molar refractivity (Wildman–Crippen MR) is 80.9 cm³/mol. The van der Waals surface area contributed by atoms with Crippen LogP contribution in [0.1, 0.15) is 28.1 Å². The van der Waals surface area contributed by atoms with Gasteiger partial charge in [0.1, 0.15) is 0 Å². The number of nitrogens with one attached hydrogen (secondary N) is 2. The standard InChI is InChI=1S/C15H20N2O2S/c1-11-4-6-14(7-5-11)10-20(18,19)16-9-15-8-12(2)17-13(15)3/h4-8,16-17H,9-10H2,1-3H3. The Morgan fingerprint density at radius 1 is 1.10 bits per heavy atom. The minimum Gasteiger partial charge on any atom is -0.362 e. The third kappa shape index (κ3) is 3.95. The van der Waals surface area contributed by atoms with E-state index in [0.717, 1.165) is 28.1 Å². The Hall–Kier alpha value is -1.59. The van der Waals surface area contributed by atoms with Crippen molar-refractivity contribution in [3.8, 4) is 0 Å². The molecule has 2 aromatic rings. The first-order valence-electron chi connectivity index (χ1n) is 6.54. The van der Waals surface area contributed by atoms with Gasteiger partial charge in [0, 0.05) is 17.9 Å². The molecule has 0 aliphatic rings. The van der Waals surface area contributed by atoms with Crippen molar-refractivity contribution in [3.05, 3.63) is 58.4 Å². The van der Waals surface area contributed by atoms with Crippen molar-refractivity contribution in [1.82, 2.24) is 9.71 Å². The fourth-order valence-electron chi connectivity index (χ4n) is 2.11. The summed E-state index contributed by atoms with van der Waals surface area (Å²) in [6.07, 6.45) is 0. The highest BCUT2D eigenvalue weighted by Gasteiger charge is 2.12. The third-order valence-corrected chi connectivity index (χ3v) is 4.51. The number of rotatable bonds is 5. The summed E-state index contributed by atoms with van der Waals surface area (Å²) in [7, 11) is -3.32. The first kappa shape index (κ1) is 14.8. The molecule has 1 heterocycles. The zero-order valence-electron chi connectivity index (χ0n) is 12.0. The monoisotopic (exact) mass is 292 g/mol. The van der Waals surface area contributed by atoms with Crippen LogP contribution in [-0.2, 0) is 22.3 Å².